The lowest BCUT2D eigenvalue weighted by Crippen LogP contribution is -2.39. The van der Waals surface area contributed by atoms with Gasteiger partial charge in [0, 0.05) is 0 Å². The predicted octanol–water partition coefficient (Wildman–Crippen LogP) is 3.97. The van der Waals surface area contributed by atoms with Crippen molar-refractivity contribution in [3.8, 4) is 6.07 Å². The van der Waals surface area contributed by atoms with E-state index >= 15 is 0 Å². The lowest BCUT2D eigenvalue weighted by atomic mass is 9.96. The van der Waals surface area contributed by atoms with Gasteiger partial charge >= 0.3 is 0 Å². The Hall–Kier alpha value is -1.46. The van der Waals surface area contributed by atoms with Gasteiger partial charge in [-0.05, 0) is 26.6 Å². The Kier molecular flexibility index (Phi) is 4.27. The van der Waals surface area contributed by atoms with Gasteiger partial charge in [0.05, 0.1) is 5.56 Å². The first-order chi connectivity index (χ1) is 8.94. The lowest BCUT2D eigenvalue weighted by molar-refractivity contribution is 0.127. The fraction of sp³-hybridized carbons (Fsp3) is 0.417. The third kappa shape index (κ3) is 2.83. The van der Waals surface area contributed by atoms with Crippen molar-refractivity contribution in [2.45, 2.75) is 32.2 Å². The first-order valence-corrected chi connectivity index (χ1v) is 8.99. The number of hydrogen-bond acceptors (Lipinski definition) is 2. The summed E-state index contributed by atoms with van der Waals surface area (Å²) < 4.78 is 72.1. The zero-order valence-electron chi connectivity index (χ0n) is 11.2. The van der Waals surface area contributed by atoms with Crippen LogP contribution in [0.1, 0.15) is 12.5 Å². The monoisotopic (exact) mass is 309 g/mol. The molecule has 1 unspecified atom stereocenters. The Morgan fingerprint density at radius 3 is 1.55 bits per heavy atom. The van der Waals surface area contributed by atoms with Gasteiger partial charge in [0.2, 0.25) is 5.82 Å². The quantitative estimate of drug-likeness (QED) is 0.366. The standard InChI is InChI=1S/C12H12F5NOSi/c1-12(5-18,19-20(2,3)4)6-7(13)9(15)11(17)10(16)8(6)14/h1-4H3. The Morgan fingerprint density at radius 1 is 0.900 bits per heavy atom. The second-order valence-electron chi connectivity index (χ2n) is 5.30. The molecule has 0 aliphatic carbocycles. The number of benzene rings is 1. The second kappa shape index (κ2) is 5.14. The van der Waals surface area contributed by atoms with Crippen molar-refractivity contribution >= 4 is 8.32 Å². The minimum atomic E-state index is -2.49. The normalized spacial score (nSPS) is 14.8. The summed E-state index contributed by atoms with van der Waals surface area (Å²) in [4.78, 5) is 0. The highest BCUT2D eigenvalue weighted by atomic mass is 28.4. The molecule has 0 radical (unpaired) electrons. The summed E-state index contributed by atoms with van der Waals surface area (Å²) in [6.45, 7) is 5.83. The molecule has 20 heavy (non-hydrogen) atoms. The molecule has 8 heteroatoms. The molecule has 1 rings (SSSR count). The van der Waals surface area contributed by atoms with Gasteiger partial charge in [-0.2, -0.15) is 5.26 Å². The Bertz CT molecular complexity index is 564. The summed E-state index contributed by atoms with van der Waals surface area (Å²) in [6, 6.07) is 1.48. The van der Waals surface area contributed by atoms with Crippen LogP contribution >= 0.6 is 0 Å². The highest BCUT2D eigenvalue weighted by Gasteiger charge is 2.41. The van der Waals surface area contributed by atoms with Gasteiger partial charge in [0.15, 0.2) is 37.2 Å². The van der Waals surface area contributed by atoms with E-state index in [1.807, 2.05) is 0 Å². The molecule has 110 valence electrons. The number of rotatable bonds is 3. The minimum absolute atomic E-state index is 0.976. The molecule has 0 saturated heterocycles. The van der Waals surface area contributed by atoms with E-state index in [-0.39, 0.29) is 0 Å². The summed E-state index contributed by atoms with van der Waals surface area (Å²) >= 11 is 0. The van der Waals surface area contributed by atoms with Crippen LogP contribution in [-0.2, 0) is 10.0 Å². The van der Waals surface area contributed by atoms with Crippen molar-refractivity contribution in [2.24, 2.45) is 0 Å². The van der Waals surface area contributed by atoms with E-state index in [9.17, 15) is 22.0 Å². The first-order valence-electron chi connectivity index (χ1n) is 5.58. The molecule has 0 fully saturated rings. The molecule has 2 nitrogen and oxygen atoms in total. The maximum Gasteiger partial charge on any atom is 0.200 e. The van der Waals surface area contributed by atoms with E-state index in [2.05, 4.69) is 0 Å². The Morgan fingerprint density at radius 2 is 1.25 bits per heavy atom. The summed E-state index contributed by atoms with van der Waals surface area (Å²) in [5.74, 6) is -10.6. The van der Waals surface area contributed by atoms with Crippen molar-refractivity contribution in [3.05, 3.63) is 34.6 Å². The van der Waals surface area contributed by atoms with Crippen LogP contribution in [0, 0.1) is 40.4 Å². The van der Waals surface area contributed by atoms with E-state index in [1.54, 1.807) is 19.6 Å². The zero-order chi connectivity index (χ0) is 15.9. The van der Waals surface area contributed by atoms with Gasteiger partial charge in [-0.15, -0.1) is 0 Å². The van der Waals surface area contributed by atoms with Crippen LogP contribution < -0.4 is 0 Å². The molecular formula is C12H12F5NOSi. The molecule has 0 amide bonds. The molecule has 1 aromatic rings. The summed E-state index contributed by atoms with van der Waals surface area (Å²) in [5.41, 5.74) is -3.52. The molecular weight excluding hydrogens is 297 g/mol. The number of halogens is 5. The smallest absolute Gasteiger partial charge is 0.200 e. The van der Waals surface area contributed by atoms with Crippen LogP contribution in [0.2, 0.25) is 19.6 Å². The first kappa shape index (κ1) is 16.6. The molecule has 0 N–H and O–H groups in total. The second-order valence-corrected chi connectivity index (χ2v) is 9.73. The highest BCUT2D eigenvalue weighted by molar-refractivity contribution is 6.69. The van der Waals surface area contributed by atoms with Gasteiger partial charge in [0.25, 0.3) is 0 Å². The van der Waals surface area contributed by atoms with E-state index < -0.39 is 48.6 Å². The third-order valence-electron chi connectivity index (χ3n) is 2.41. The molecule has 0 aliphatic heterocycles. The average molecular weight is 309 g/mol. The van der Waals surface area contributed by atoms with Crippen LogP contribution in [0.3, 0.4) is 0 Å². The van der Waals surface area contributed by atoms with Gasteiger partial charge in [0.1, 0.15) is 6.07 Å². The molecule has 0 saturated carbocycles. The number of nitriles is 1. The van der Waals surface area contributed by atoms with Gasteiger partial charge < -0.3 is 4.43 Å². The van der Waals surface area contributed by atoms with E-state index in [0.717, 1.165) is 6.92 Å². The van der Waals surface area contributed by atoms with Crippen molar-refractivity contribution in [1.82, 2.24) is 0 Å². The predicted molar refractivity (Wildman–Crippen MR) is 63.6 cm³/mol. The maximum atomic E-state index is 13.7. The molecule has 1 aromatic carbocycles. The van der Waals surface area contributed by atoms with Crippen molar-refractivity contribution in [2.75, 3.05) is 0 Å². The minimum Gasteiger partial charge on any atom is -0.397 e. The number of nitrogens with zero attached hydrogens (tertiary/aromatic N) is 1. The molecule has 1 atom stereocenters. The fourth-order valence-electron chi connectivity index (χ4n) is 1.77. The van der Waals surface area contributed by atoms with Crippen LogP contribution in [0.25, 0.3) is 0 Å². The third-order valence-corrected chi connectivity index (χ3v) is 3.43. The molecule has 0 aliphatic rings. The van der Waals surface area contributed by atoms with Crippen LogP contribution in [0.4, 0.5) is 22.0 Å². The maximum absolute atomic E-state index is 13.7. The molecule has 0 bridgehead atoms. The van der Waals surface area contributed by atoms with Crippen LogP contribution in [0.15, 0.2) is 0 Å². The fourth-order valence-corrected chi connectivity index (χ4v) is 3.14. The van der Waals surface area contributed by atoms with E-state index in [0.29, 0.717) is 0 Å². The van der Waals surface area contributed by atoms with Crippen molar-refractivity contribution < 1.29 is 26.4 Å². The summed E-state index contributed by atoms with van der Waals surface area (Å²) in [7, 11) is -2.49. The van der Waals surface area contributed by atoms with E-state index in [4.69, 9.17) is 9.69 Å². The zero-order valence-corrected chi connectivity index (χ0v) is 12.2. The van der Waals surface area contributed by atoms with Gasteiger partial charge in [-0.25, -0.2) is 22.0 Å². The Labute approximate surface area is 113 Å². The summed E-state index contributed by atoms with van der Waals surface area (Å²) in [5, 5.41) is 9.08. The molecule has 0 heterocycles. The highest BCUT2D eigenvalue weighted by Crippen LogP contribution is 2.35. The van der Waals surface area contributed by atoms with Gasteiger partial charge in [-0.3, -0.25) is 0 Å². The number of hydrogen-bond donors (Lipinski definition) is 0. The van der Waals surface area contributed by atoms with E-state index in [1.165, 1.54) is 6.07 Å². The molecule has 0 aromatic heterocycles. The molecule has 0 spiro atoms. The SMILES string of the molecule is CC(C#N)(O[Si](C)(C)C)c1c(F)c(F)c(F)c(F)c1F. The van der Waals surface area contributed by atoms with Crippen LogP contribution in [0.5, 0.6) is 0 Å². The van der Waals surface area contributed by atoms with Gasteiger partial charge in [-0.1, -0.05) is 0 Å². The van der Waals surface area contributed by atoms with Crippen LogP contribution in [-0.4, -0.2) is 8.32 Å². The van der Waals surface area contributed by atoms with Crippen molar-refractivity contribution in [3.63, 3.8) is 0 Å². The van der Waals surface area contributed by atoms with Crippen molar-refractivity contribution in [1.29, 1.82) is 5.26 Å². The average Bonchev–Trinajstić information content (AvgIpc) is 2.32. The summed E-state index contributed by atoms with van der Waals surface area (Å²) in [6.07, 6.45) is 0. The lowest BCUT2D eigenvalue weighted by Gasteiger charge is -2.31. The topological polar surface area (TPSA) is 33.0 Å². The largest absolute Gasteiger partial charge is 0.397 e. The Balaban J connectivity index is 3.65.